The van der Waals surface area contributed by atoms with Gasteiger partial charge in [0.15, 0.2) is 0 Å². The Morgan fingerprint density at radius 1 is 1.31 bits per heavy atom. The highest BCUT2D eigenvalue weighted by Gasteiger charge is 2.28. The summed E-state index contributed by atoms with van der Waals surface area (Å²) in [5.41, 5.74) is 0. The maximum atomic E-state index is 11.3. The molecular weight excluding hydrogens is 202 g/mol. The first-order valence-corrected chi connectivity index (χ1v) is 6.39. The molecule has 1 saturated carbocycles. The van der Waals surface area contributed by atoms with Crippen molar-refractivity contribution in [3.05, 3.63) is 0 Å². The lowest BCUT2D eigenvalue weighted by Gasteiger charge is -2.38. The quantitative estimate of drug-likeness (QED) is 0.690. The number of methoxy groups -OCH3 is 1. The van der Waals surface area contributed by atoms with Crippen LogP contribution in [0.2, 0.25) is 0 Å². The first-order valence-electron chi connectivity index (χ1n) is 6.39. The summed E-state index contributed by atoms with van der Waals surface area (Å²) in [4.78, 5) is 13.6. The normalized spacial score (nSPS) is 30.4. The number of nitrogens with zero attached hydrogens (tertiary/aromatic N) is 1. The van der Waals surface area contributed by atoms with Crippen LogP contribution in [0.3, 0.4) is 0 Å². The van der Waals surface area contributed by atoms with E-state index >= 15 is 0 Å². The summed E-state index contributed by atoms with van der Waals surface area (Å²) in [5, 5.41) is 0. The molecule has 0 saturated heterocycles. The molecule has 94 valence electrons. The summed E-state index contributed by atoms with van der Waals surface area (Å²) in [5.74, 6) is 1.48. The molecular formula is C13H25NO2. The predicted molar refractivity (Wildman–Crippen MR) is 65.2 cm³/mol. The molecule has 0 aromatic rings. The van der Waals surface area contributed by atoms with Crippen LogP contribution in [0.15, 0.2) is 0 Å². The molecule has 1 fully saturated rings. The van der Waals surface area contributed by atoms with Gasteiger partial charge in [0, 0.05) is 6.04 Å². The highest BCUT2D eigenvalue weighted by atomic mass is 16.5. The number of ether oxygens (including phenoxy) is 1. The molecule has 1 aliphatic carbocycles. The average Bonchev–Trinajstić information content (AvgIpc) is 2.29. The Morgan fingerprint density at radius 3 is 2.50 bits per heavy atom. The van der Waals surface area contributed by atoms with Crippen molar-refractivity contribution < 1.29 is 9.53 Å². The van der Waals surface area contributed by atoms with Crippen LogP contribution in [0.5, 0.6) is 0 Å². The highest BCUT2D eigenvalue weighted by Crippen LogP contribution is 2.31. The van der Waals surface area contributed by atoms with Gasteiger partial charge in [-0.05, 0) is 37.6 Å². The van der Waals surface area contributed by atoms with Gasteiger partial charge in [-0.3, -0.25) is 9.69 Å². The van der Waals surface area contributed by atoms with Gasteiger partial charge in [-0.1, -0.05) is 20.8 Å². The first kappa shape index (κ1) is 13.5. The topological polar surface area (TPSA) is 29.5 Å². The fourth-order valence-corrected chi connectivity index (χ4v) is 2.58. The average molecular weight is 227 g/mol. The maximum absolute atomic E-state index is 11.3. The van der Waals surface area contributed by atoms with E-state index in [1.54, 1.807) is 0 Å². The van der Waals surface area contributed by atoms with Gasteiger partial charge in [0.05, 0.1) is 13.7 Å². The fraction of sp³-hybridized carbons (Fsp3) is 0.923. The number of rotatable bonds is 4. The van der Waals surface area contributed by atoms with Crippen LogP contribution in [0.25, 0.3) is 0 Å². The van der Waals surface area contributed by atoms with Crippen molar-refractivity contribution in [2.45, 2.75) is 46.1 Å². The smallest absolute Gasteiger partial charge is 0.319 e. The standard InChI is InChI=1S/C13H25NO2/c1-5-14(9-13(15)16-4)12-7-6-10(2)11(3)8-12/h10-12H,5-9H2,1-4H3. The summed E-state index contributed by atoms with van der Waals surface area (Å²) in [7, 11) is 1.46. The number of carbonyl (C=O) groups is 1. The lowest BCUT2D eigenvalue weighted by molar-refractivity contribution is -0.142. The second-order valence-corrected chi connectivity index (χ2v) is 5.06. The molecule has 0 aliphatic heterocycles. The van der Waals surface area contributed by atoms with E-state index in [4.69, 9.17) is 4.74 Å². The molecule has 0 bridgehead atoms. The zero-order valence-corrected chi connectivity index (χ0v) is 11.0. The van der Waals surface area contributed by atoms with Crippen LogP contribution in [0.1, 0.15) is 40.0 Å². The van der Waals surface area contributed by atoms with E-state index in [1.807, 2.05) is 0 Å². The largest absolute Gasteiger partial charge is 0.468 e. The van der Waals surface area contributed by atoms with Crippen molar-refractivity contribution in [3.63, 3.8) is 0 Å². The molecule has 1 aliphatic rings. The number of hydrogen-bond acceptors (Lipinski definition) is 3. The van der Waals surface area contributed by atoms with E-state index in [9.17, 15) is 4.79 Å². The highest BCUT2D eigenvalue weighted by molar-refractivity contribution is 5.71. The zero-order chi connectivity index (χ0) is 12.1. The van der Waals surface area contributed by atoms with E-state index in [0.29, 0.717) is 12.6 Å². The van der Waals surface area contributed by atoms with Crippen molar-refractivity contribution in [1.82, 2.24) is 4.90 Å². The predicted octanol–water partition coefficient (Wildman–Crippen LogP) is 2.31. The lowest BCUT2D eigenvalue weighted by Crippen LogP contribution is -2.43. The van der Waals surface area contributed by atoms with Crippen LogP contribution in [0.4, 0.5) is 0 Å². The third kappa shape index (κ3) is 3.48. The Morgan fingerprint density at radius 2 is 2.00 bits per heavy atom. The van der Waals surface area contributed by atoms with Crippen LogP contribution >= 0.6 is 0 Å². The van der Waals surface area contributed by atoms with Crippen LogP contribution in [-0.2, 0) is 9.53 Å². The molecule has 3 nitrogen and oxygen atoms in total. The summed E-state index contributed by atoms with van der Waals surface area (Å²) in [6.45, 7) is 8.14. The van der Waals surface area contributed by atoms with Gasteiger partial charge in [0.1, 0.15) is 0 Å². The minimum absolute atomic E-state index is 0.117. The molecule has 3 unspecified atom stereocenters. The Hall–Kier alpha value is -0.570. The van der Waals surface area contributed by atoms with Crippen molar-refractivity contribution in [3.8, 4) is 0 Å². The molecule has 3 heteroatoms. The van der Waals surface area contributed by atoms with Gasteiger partial charge in [0.25, 0.3) is 0 Å². The number of esters is 1. The number of likely N-dealkylation sites (N-methyl/N-ethyl adjacent to an activating group) is 1. The van der Waals surface area contributed by atoms with E-state index < -0.39 is 0 Å². The molecule has 0 aromatic carbocycles. The Bertz CT molecular complexity index is 230. The van der Waals surface area contributed by atoms with Gasteiger partial charge in [-0.25, -0.2) is 0 Å². The van der Waals surface area contributed by atoms with E-state index in [-0.39, 0.29) is 5.97 Å². The maximum Gasteiger partial charge on any atom is 0.319 e. The summed E-state index contributed by atoms with van der Waals surface area (Å²) in [6, 6.07) is 0.565. The van der Waals surface area contributed by atoms with Gasteiger partial charge in [0.2, 0.25) is 0 Å². The van der Waals surface area contributed by atoms with E-state index in [0.717, 1.165) is 18.4 Å². The van der Waals surface area contributed by atoms with E-state index in [2.05, 4.69) is 25.7 Å². The molecule has 0 radical (unpaired) electrons. The first-order chi connectivity index (χ1) is 7.58. The summed E-state index contributed by atoms with van der Waals surface area (Å²) in [6.07, 6.45) is 3.71. The van der Waals surface area contributed by atoms with Gasteiger partial charge in [-0.15, -0.1) is 0 Å². The third-order valence-corrected chi connectivity index (χ3v) is 4.05. The fourth-order valence-electron chi connectivity index (χ4n) is 2.58. The van der Waals surface area contributed by atoms with Crippen LogP contribution in [0, 0.1) is 11.8 Å². The molecule has 0 heterocycles. The SMILES string of the molecule is CCN(CC(=O)OC)C1CCC(C)C(C)C1. The lowest BCUT2D eigenvalue weighted by atomic mass is 9.78. The summed E-state index contributed by atoms with van der Waals surface area (Å²) >= 11 is 0. The molecule has 0 N–H and O–H groups in total. The van der Waals surface area contributed by atoms with Crippen LogP contribution in [-0.4, -0.2) is 37.1 Å². The van der Waals surface area contributed by atoms with Crippen molar-refractivity contribution in [1.29, 1.82) is 0 Å². The molecule has 16 heavy (non-hydrogen) atoms. The second-order valence-electron chi connectivity index (χ2n) is 5.06. The van der Waals surface area contributed by atoms with Crippen molar-refractivity contribution >= 4 is 5.97 Å². The molecule has 0 aromatic heterocycles. The Labute approximate surface area is 99.1 Å². The van der Waals surface area contributed by atoms with Crippen LogP contribution < -0.4 is 0 Å². The molecule has 3 atom stereocenters. The minimum atomic E-state index is -0.117. The Kier molecular flexibility index (Phi) is 5.26. The molecule has 0 spiro atoms. The van der Waals surface area contributed by atoms with Gasteiger partial charge in [-0.2, -0.15) is 0 Å². The molecule has 0 amide bonds. The van der Waals surface area contributed by atoms with Crippen molar-refractivity contribution in [2.24, 2.45) is 11.8 Å². The minimum Gasteiger partial charge on any atom is -0.468 e. The molecule has 1 rings (SSSR count). The third-order valence-electron chi connectivity index (χ3n) is 4.05. The second kappa shape index (κ2) is 6.24. The zero-order valence-electron chi connectivity index (χ0n) is 11.0. The van der Waals surface area contributed by atoms with Gasteiger partial charge < -0.3 is 4.74 Å². The van der Waals surface area contributed by atoms with Crippen molar-refractivity contribution in [2.75, 3.05) is 20.2 Å². The van der Waals surface area contributed by atoms with E-state index in [1.165, 1.54) is 26.4 Å². The monoisotopic (exact) mass is 227 g/mol. The Balaban J connectivity index is 2.50. The number of carbonyl (C=O) groups excluding carboxylic acids is 1. The van der Waals surface area contributed by atoms with Gasteiger partial charge >= 0.3 is 5.97 Å². The summed E-state index contributed by atoms with van der Waals surface area (Å²) < 4.78 is 4.74. The number of hydrogen-bond donors (Lipinski definition) is 0.